The molecule has 15 heavy (non-hydrogen) atoms. The number of carbonyl (C=O) groups is 2. The van der Waals surface area contributed by atoms with Crippen LogP contribution in [0.1, 0.15) is 51.9 Å². The Balaban J connectivity index is 3.20. The number of hydrogen-bond donors (Lipinski definition) is 1. The number of nitrogens with one attached hydrogen (secondary N) is 1. The molecule has 0 aromatic heterocycles. The zero-order valence-electron chi connectivity index (χ0n) is 9.38. The number of amides is 1. The summed E-state index contributed by atoms with van der Waals surface area (Å²) < 4.78 is 0. The Bertz CT molecular complexity index is 192. The van der Waals surface area contributed by atoms with Gasteiger partial charge in [0, 0.05) is 18.9 Å². The van der Waals surface area contributed by atoms with Crippen molar-refractivity contribution in [2.75, 3.05) is 6.54 Å². The van der Waals surface area contributed by atoms with Gasteiger partial charge in [-0.15, -0.1) is 0 Å². The third kappa shape index (κ3) is 10.9. The van der Waals surface area contributed by atoms with Crippen molar-refractivity contribution in [1.82, 2.24) is 5.32 Å². The third-order valence-electron chi connectivity index (χ3n) is 2.14. The first kappa shape index (κ1) is 13.9. The summed E-state index contributed by atoms with van der Waals surface area (Å²) in [5.41, 5.74) is 0. The van der Waals surface area contributed by atoms with Crippen molar-refractivity contribution >= 4 is 11.9 Å². The first-order chi connectivity index (χ1) is 7.16. The van der Waals surface area contributed by atoms with Gasteiger partial charge in [0.25, 0.3) is 0 Å². The molecule has 0 aromatic rings. The van der Waals surface area contributed by atoms with E-state index in [0.717, 1.165) is 19.3 Å². The summed E-state index contributed by atoms with van der Waals surface area (Å²) in [5.74, 6) is -0.957. The summed E-state index contributed by atoms with van der Waals surface area (Å²) >= 11 is 0. The van der Waals surface area contributed by atoms with Gasteiger partial charge in [-0.2, -0.15) is 0 Å². The Morgan fingerprint density at radius 1 is 1.07 bits per heavy atom. The maximum Gasteiger partial charge on any atom is 0.219 e. The van der Waals surface area contributed by atoms with Gasteiger partial charge in [0.15, 0.2) is 0 Å². The van der Waals surface area contributed by atoms with E-state index in [-0.39, 0.29) is 12.3 Å². The third-order valence-corrected chi connectivity index (χ3v) is 2.14. The molecule has 0 rings (SSSR count). The molecule has 1 amide bonds. The summed E-state index contributed by atoms with van der Waals surface area (Å²) in [7, 11) is 0. The summed E-state index contributed by atoms with van der Waals surface area (Å²) in [4.78, 5) is 21.2. The van der Waals surface area contributed by atoms with E-state index in [0.29, 0.717) is 25.8 Å². The highest BCUT2D eigenvalue weighted by Crippen LogP contribution is 1.98. The number of aliphatic carboxylic acids is 1. The van der Waals surface area contributed by atoms with Crippen LogP contribution in [0.3, 0.4) is 0 Å². The van der Waals surface area contributed by atoms with Crippen LogP contribution >= 0.6 is 0 Å². The zero-order chi connectivity index (χ0) is 11.5. The molecule has 0 saturated carbocycles. The second kappa shape index (κ2) is 9.49. The molecule has 0 heterocycles. The lowest BCUT2D eigenvalue weighted by atomic mass is 10.2. The van der Waals surface area contributed by atoms with Crippen molar-refractivity contribution < 1.29 is 14.7 Å². The van der Waals surface area contributed by atoms with Crippen LogP contribution in [0.5, 0.6) is 0 Å². The number of carbonyl (C=O) groups excluding carboxylic acids is 2. The summed E-state index contributed by atoms with van der Waals surface area (Å²) in [5, 5.41) is 12.8. The van der Waals surface area contributed by atoms with Crippen LogP contribution in [0.25, 0.3) is 0 Å². The van der Waals surface area contributed by atoms with Gasteiger partial charge in [-0.25, -0.2) is 0 Å². The molecule has 0 aliphatic rings. The highest BCUT2D eigenvalue weighted by atomic mass is 16.4. The molecule has 0 aliphatic heterocycles. The Morgan fingerprint density at radius 2 is 1.73 bits per heavy atom. The van der Waals surface area contributed by atoms with Gasteiger partial charge in [0.1, 0.15) is 0 Å². The van der Waals surface area contributed by atoms with Crippen molar-refractivity contribution in [3.05, 3.63) is 0 Å². The van der Waals surface area contributed by atoms with Gasteiger partial charge in [-0.1, -0.05) is 19.8 Å². The molecule has 1 N–H and O–H groups in total. The molecule has 4 heteroatoms. The molecule has 0 aromatic carbocycles. The quantitative estimate of drug-likeness (QED) is 0.571. The van der Waals surface area contributed by atoms with Crippen LogP contribution in [0.15, 0.2) is 0 Å². The average molecular weight is 214 g/mol. The highest BCUT2D eigenvalue weighted by Gasteiger charge is 1.99. The van der Waals surface area contributed by atoms with Crippen molar-refractivity contribution in [3.63, 3.8) is 0 Å². The van der Waals surface area contributed by atoms with Crippen molar-refractivity contribution in [2.24, 2.45) is 0 Å². The molecular formula is C11H20NO3-. The minimum Gasteiger partial charge on any atom is -0.550 e. The van der Waals surface area contributed by atoms with Gasteiger partial charge in [0.05, 0.1) is 0 Å². The van der Waals surface area contributed by atoms with E-state index in [1.165, 1.54) is 0 Å². The van der Waals surface area contributed by atoms with Gasteiger partial charge in [-0.3, -0.25) is 4.79 Å². The summed E-state index contributed by atoms with van der Waals surface area (Å²) in [6.45, 7) is 2.66. The minimum absolute atomic E-state index is 0.0666. The molecule has 0 fully saturated rings. The van der Waals surface area contributed by atoms with Gasteiger partial charge in [-0.05, 0) is 25.7 Å². The van der Waals surface area contributed by atoms with Crippen LogP contribution < -0.4 is 10.4 Å². The van der Waals surface area contributed by atoms with Gasteiger partial charge >= 0.3 is 0 Å². The predicted octanol–water partition coefficient (Wildman–Crippen LogP) is 0.603. The topological polar surface area (TPSA) is 69.2 Å². The SMILES string of the molecule is CCCCCC(=O)NCCCCC(=O)[O-]. The number of rotatable bonds is 9. The maximum absolute atomic E-state index is 11.2. The van der Waals surface area contributed by atoms with E-state index in [2.05, 4.69) is 12.2 Å². The Labute approximate surface area is 91.1 Å². The van der Waals surface area contributed by atoms with Crippen molar-refractivity contribution in [1.29, 1.82) is 0 Å². The van der Waals surface area contributed by atoms with E-state index in [1.54, 1.807) is 0 Å². The number of carboxylic acids is 1. The number of unbranched alkanes of at least 4 members (excludes halogenated alkanes) is 3. The Kier molecular flexibility index (Phi) is 8.82. The Morgan fingerprint density at radius 3 is 2.33 bits per heavy atom. The smallest absolute Gasteiger partial charge is 0.219 e. The van der Waals surface area contributed by atoms with Gasteiger partial charge < -0.3 is 15.2 Å². The first-order valence-corrected chi connectivity index (χ1v) is 5.63. The fourth-order valence-corrected chi connectivity index (χ4v) is 1.25. The lowest BCUT2D eigenvalue weighted by molar-refractivity contribution is -0.305. The average Bonchev–Trinajstić information content (AvgIpc) is 2.17. The first-order valence-electron chi connectivity index (χ1n) is 5.63. The highest BCUT2D eigenvalue weighted by molar-refractivity contribution is 5.75. The molecule has 88 valence electrons. The normalized spacial score (nSPS) is 9.93. The fraction of sp³-hybridized carbons (Fsp3) is 0.818. The molecule has 0 aliphatic carbocycles. The summed E-state index contributed by atoms with van der Waals surface area (Å²) in [6, 6.07) is 0. The molecule has 0 unspecified atom stereocenters. The molecule has 4 nitrogen and oxygen atoms in total. The van der Waals surface area contributed by atoms with E-state index in [1.807, 2.05) is 0 Å². The second-order valence-electron chi connectivity index (χ2n) is 3.64. The maximum atomic E-state index is 11.2. The largest absolute Gasteiger partial charge is 0.550 e. The summed E-state index contributed by atoms with van der Waals surface area (Å²) in [6.07, 6.45) is 5.05. The van der Waals surface area contributed by atoms with E-state index in [9.17, 15) is 14.7 Å². The molecule has 0 spiro atoms. The monoisotopic (exact) mass is 214 g/mol. The van der Waals surface area contributed by atoms with Crippen LogP contribution in [0.2, 0.25) is 0 Å². The lowest BCUT2D eigenvalue weighted by Gasteiger charge is -2.05. The van der Waals surface area contributed by atoms with E-state index >= 15 is 0 Å². The van der Waals surface area contributed by atoms with Crippen LogP contribution in [-0.4, -0.2) is 18.4 Å². The van der Waals surface area contributed by atoms with Crippen molar-refractivity contribution in [3.8, 4) is 0 Å². The molecule has 0 saturated heterocycles. The molecular weight excluding hydrogens is 194 g/mol. The number of hydrogen-bond acceptors (Lipinski definition) is 3. The van der Waals surface area contributed by atoms with Crippen LogP contribution in [0.4, 0.5) is 0 Å². The molecule has 0 radical (unpaired) electrons. The standard InChI is InChI=1S/C11H21NO3/c1-2-3-4-7-10(13)12-9-6-5-8-11(14)15/h2-9H2,1H3,(H,12,13)(H,14,15)/p-1. The van der Waals surface area contributed by atoms with Crippen LogP contribution in [0, 0.1) is 0 Å². The van der Waals surface area contributed by atoms with Crippen LogP contribution in [-0.2, 0) is 9.59 Å². The van der Waals surface area contributed by atoms with E-state index < -0.39 is 5.97 Å². The lowest BCUT2D eigenvalue weighted by Crippen LogP contribution is -2.25. The Hall–Kier alpha value is -1.06. The molecule has 0 bridgehead atoms. The molecule has 0 atom stereocenters. The second-order valence-corrected chi connectivity index (χ2v) is 3.64. The predicted molar refractivity (Wildman–Crippen MR) is 56.0 cm³/mol. The minimum atomic E-state index is -1.02. The van der Waals surface area contributed by atoms with E-state index in [4.69, 9.17) is 0 Å². The number of carboxylic acid groups (broad SMARTS) is 1. The zero-order valence-corrected chi connectivity index (χ0v) is 9.38. The van der Waals surface area contributed by atoms with Gasteiger partial charge in [0.2, 0.25) is 5.91 Å². The van der Waals surface area contributed by atoms with Crippen molar-refractivity contribution in [2.45, 2.75) is 51.9 Å². The fourth-order valence-electron chi connectivity index (χ4n) is 1.25.